The molecule has 0 saturated carbocycles. The summed E-state index contributed by atoms with van der Waals surface area (Å²) in [7, 11) is 0. The summed E-state index contributed by atoms with van der Waals surface area (Å²) < 4.78 is 10.4. The third-order valence-corrected chi connectivity index (χ3v) is 4.31. The smallest absolute Gasteiger partial charge is 0.338 e. The van der Waals surface area contributed by atoms with Crippen LogP contribution in [0.4, 0.5) is 5.69 Å². The minimum Gasteiger partial charge on any atom is -0.502 e. The molecule has 3 rings (SSSR count). The number of aliphatic hydroxyl groups excluding tert-OH is 1. The van der Waals surface area contributed by atoms with E-state index in [1.807, 2.05) is 13.8 Å². The summed E-state index contributed by atoms with van der Waals surface area (Å²) in [5.41, 5.74) is 0.890. The van der Waals surface area contributed by atoms with Gasteiger partial charge in [0.1, 0.15) is 5.75 Å². The molecule has 1 aliphatic heterocycles. The second-order valence-electron chi connectivity index (χ2n) is 6.31. The second kappa shape index (κ2) is 8.60. The van der Waals surface area contributed by atoms with Crippen LogP contribution in [0.5, 0.6) is 5.75 Å². The molecule has 0 radical (unpaired) electrons. The van der Waals surface area contributed by atoms with Crippen LogP contribution in [-0.2, 0) is 14.3 Å². The van der Waals surface area contributed by atoms with Crippen molar-refractivity contribution in [1.29, 1.82) is 0 Å². The Labute approximate surface area is 168 Å². The number of benzene rings is 2. The zero-order valence-corrected chi connectivity index (χ0v) is 16.2. The molecule has 150 valence electrons. The maximum Gasteiger partial charge on any atom is 0.338 e. The van der Waals surface area contributed by atoms with E-state index in [1.165, 1.54) is 24.3 Å². The fourth-order valence-electron chi connectivity index (χ4n) is 2.92. The molecule has 2 aromatic rings. The van der Waals surface area contributed by atoms with E-state index in [0.717, 1.165) is 4.90 Å². The van der Waals surface area contributed by atoms with Crippen molar-refractivity contribution < 1.29 is 29.0 Å². The van der Waals surface area contributed by atoms with Crippen LogP contribution in [0.3, 0.4) is 0 Å². The van der Waals surface area contributed by atoms with Crippen molar-refractivity contribution in [2.45, 2.75) is 20.3 Å². The SMILES string of the molecule is CCCOC(=O)c1ccc(N2C(=O)C(O)=C(c3ccc(OCC)cc3)C2=O)cc1. The Kier molecular flexibility index (Phi) is 5.97. The van der Waals surface area contributed by atoms with Crippen LogP contribution in [0, 0.1) is 0 Å². The van der Waals surface area contributed by atoms with Gasteiger partial charge in [-0.2, -0.15) is 0 Å². The number of amides is 2. The first-order valence-corrected chi connectivity index (χ1v) is 9.30. The van der Waals surface area contributed by atoms with Crippen molar-refractivity contribution in [1.82, 2.24) is 0 Å². The van der Waals surface area contributed by atoms with E-state index in [-0.39, 0.29) is 11.3 Å². The molecular weight excluding hydrogens is 374 g/mol. The molecule has 0 atom stereocenters. The molecule has 0 saturated heterocycles. The molecule has 2 aromatic carbocycles. The van der Waals surface area contributed by atoms with Gasteiger partial charge in [-0.05, 0) is 55.3 Å². The summed E-state index contributed by atoms with van der Waals surface area (Å²) in [6.07, 6.45) is 0.708. The van der Waals surface area contributed by atoms with Crippen molar-refractivity contribution in [2.24, 2.45) is 0 Å². The zero-order valence-electron chi connectivity index (χ0n) is 16.2. The molecule has 7 nitrogen and oxygen atoms in total. The van der Waals surface area contributed by atoms with Crippen molar-refractivity contribution in [3.8, 4) is 5.75 Å². The average Bonchev–Trinajstić information content (AvgIpc) is 2.96. The molecule has 0 spiro atoms. The van der Waals surface area contributed by atoms with E-state index in [4.69, 9.17) is 9.47 Å². The van der Waals surface area contributed by atoms with Gasteiger partial charge in [-0.25, -0.2) is 9.69 Å². The Hall–Kier alpha value is -3.61. The first kappa shape index (κ1) is 20.1. The minimum absolute atomic E-state index is 0.0792. The Bertz CT molecular complexity index is 960. The van der Waals surface area contributed by atoms with E-state index in [1.54, 1.807) is 24.3 Å². The predicted octanol–water partition coefficient (Wildman–Crippen LogP) is 3.49. The maximum absolute atomic E-state index is 12.9. The van der Waals surface area contributed by atoms with E-state index in [2.05, 4.69) is 0 Å². The number of hydrogen-bond donors (Lipinski definition) is 1. The number of esters is 1. The molecule has 7 heteroatoms. The Balaban J connectivity index is 1.83. The van der Waals surface area contributed by atoms with Gasteiger partial charge in [0.2, 0.25) is 0 Å². The molecule has 0 unspecified atom stereocenters. The van der Waals surface area contributed by atoms with E-state index in [0.29, 0.717) is 36.5 Å². The van der Waals surface area contributed by atoms with Crippen molar-refractivity contribution in [3.63, 3.8) is 0 Å². The lowest BCUT2D eigenvalue weighted by Gasteiger charge is -2.15. The molecule has 1 aliphatic rings. The monoisotopic (exact) mass is 395 g/mol. The first-order chi connectivity index (χ1) is 14.0. The number of carbonyl (C=O) groups excluding carboxylic acids is 3. The van der Waals surface area contributed by atoms with Crippen LogP contribution in [0.2, 0.25) is 0 Å². The van der Waals surface area contributed by atoms with Gasteiger partial charge in [-0.15, -0.1) is 0 Å². The summed E-state index contributed by atoms with van der Waals surface area (Å²) in [5.74, 6) is -1.94. The molecule has 0 bridgehead atoms. The summed E-state index contributed by atoms with van der Waals surface area (Å²) in [5, 5.41) is 10.3. The van der Waals surface area contributed by atoms with Crippen LogP contribution in [-0.4, -0.2) is 36.1 Å². The highest BCUT2D eigenvalue weighted by Gasteiger charge is 2.40. The number of rotatable bonds is 7. The fraction of sp³-hybridized carbons (Fsp3) is 0.227. The molecular formula is C22H21NO6. The Morgan fingerprint density at radius 2 is 1.62 bits per heavy atom. The van der Waals surface area contributed by atoms with Crippen LogP contribution in [0.1, 0.15) is 36.2 Å². The van der Waals surface area contributed by atoms with Crippen LogP contribution in [0.25, 0.3) is 5.57 Å². The van der Waals surface area contributed by atoms with Crippen molar-refractivity contribution >= 4 is 29.0 Å². The number of anilines is 1. The van der Waals surface area contributed by atoms with Gasteiger partial charge >= 0.3 is 11.9 Å². The highest BCUT2D eigenvalue weighted by Crippen LogP contribution is 2.32. The summed E-state index contributed by atoms with van der Waals surface area (Å²) in [4.78, 5) is 38.1. The quantitative estimate of drug-likeness (QED) is 0.570. The summed E-state index contributed by atoms with van der Waals surface area (Å²) in [6, 6.07) is 12.4. The molecule has 0 aliphatic carbocycles. The molecule has 0 aromatic heterocycles. The van der Waals surface area contributed by atoms with Gasteiger partial charge < -0.3 is 14.6 Å². The number of imide groups is 1. The molecule has 2 amide bonds. The van der Waals surface area contributed by atoms with E-state index in [9.17, 15) is 19.5 Å². The van der Waals surface area contributed by atoms with Crippen LogP contribution >= 0.6 is 0 Å². The normalized spacial score (nSPS) is 13.8. The van der Waals surface area contributed by atoms with Crippen molar-refractivity contribution in [2.75, 3.05) is 18.1 Å². The highest BCUT2D eigenvalue weighted by atomic mass is 16.5. The van der Waals surface area contributed by atoms with Gasteiger partial charge in [-0.1, -0.05) is 19.1 Å². The van der Waals surface area contributed by atoms with Crippen LogP contribution in [0.15, 0.2) is 54.3 Å². The van der Waals surface area contributed by atoms with E-state index < -0.39 is 23.5 Å². The third kappa shape index (κ3) is 3.99. The minimum atomic E-state index is -0.819. The lowest BCUT2D eigenvalue weighted by molar-refractivity contribution is -0.121. The van der Waals surface area contributed by atoms with Gasteiger partial charge in [-0.3, -0.25) is 9.59 Å². The number of carbonyl (C=O) groups is 3. The molecule has 1 heterocycles. The summed E-state index contributed by atoms with van der Waals surface area (Å²) >= 11 is 0. The number of ether oxygens (including phenoxy) is 2. The number of aliphatic hydroxyl groups is 1. The van der Waals surface area contributed by atoms with E-state index >= 15 is 0 Å². The largest absolute Gasteiger partial charge is 0.502 e. The molecule has 29 heavy (non-hydrogen) atoms. The highest BCUT2D eigenvalue weighted by molar-refractivity contribution is 6.44. The maximum atomic E-state index is 12.9. The number of hydrogen-bond acceptors (Lipinski definition) is 6. The lowest BCUT2D eigenvalue weighted by Crippen LogP contribution is -2.31. The first-order valence-electron chi connectivity index (χ1n) is 9.30. The Morgan fingerprint density at radius 1 is 0.966 bits per heavy atom. The average molecular weight is 395 g/mol. The van der Waals surface area contributed by atoms with Gasteiger partial charge in [0.25, 0.3) is 5.91 Å². The van der Waals surface area contributed by atoms with Crippen LogP contribution < -0.4 is 9.64 Å². The Morgan fingerprint density at radius 3 is 2.21 bits per heavy atom. The topological polar surface area (TPSA) is 93.1 Å². The standard InChI is InChI=1S/C22H21NO6/c1-3-13-29-22(27)15-5-9-16(10-6-15)23-20(25)18(19(24)21(23)26)14-7-11-17(12-8-14)28-4-2/h5-12,24H,3-4,13H2,1-2H3. The van der Waals surface area contributed by atoms with Gasteiger partial charge in [0.15, 0.2) is 5.76 Å². The molecule has 0 fully saturated rings. The molecule has 1 N–H and O–H groups in total. The third-order valence-electron chi connectivity index (χ3n) is 4.31. The van der Waals surface area contributed by atoms with Gasteiger partial charge in [0.05, 0.1) is 30.0 Å². The van der Waals surface area contributed by atoms with Crippen molar-refractivity contribution in [3.05, 3.63) is 65.4 Å². The van der Waals surface area contributed by atoms with Gasteiger partial charge in [0, 0.05) is 0 Å². The fourth-order valence-corrected chi connectivity index (χ4v) is 2.92. The predicted molar refractivity (Wildman–Crippen MR) is 107 cm³/mol. The summed E-state index contributed by atoms with van der Waals surface area (Å²) in [6.45, 7) is 4.56. The lowest BCUT2D eigenvalue weighted by atomic mass is 10.1. The zero-order chi connectivity index (χ0) is 21.0. The second-order valence-corrected chi connectivity index (χ2v) is 6.31. The number of nitrogens with zero attached hydrogens (tertiary/aromatic N) is 1.